The summed E-state index contributed by atoms with van der Waals surface area (Å²) in [5.74, 6) is -1.23. The third-order valence-electron chi connectivity index (χ3n) is 2.28. The molecule has 19 heavy (non-hydrogen) atoms. The van der Waals surface area contributed by atoms with Gasteiger partial charge in [-0.2, -0.15) is 0 Å². The summed E-state index contributed by atoms with van der Waals surface area (Å²) in [4.78, 5) is 21.4. The van der Waals surface area contributed by atoms with Crippen LogP contribution in [-0.4, -0.2) is 53.4 Å². The maximum absolute atomic E-state index is 11.2. The van der Waals surface area contributed by atoms with Crippen molar-refractivity contribution in [1.82, 2.24) is 0 Å². The van der Waals surface area contributed by atoms with Gasteiger partial charge in [0.15, 0.2) is 6.29 Å². The molecule has 0 aromatic heterocycles. The van der Waals surface area contributed by atoms with Crippen LogP contribution in [0.5, 0.6) is 0 Å². The lowest BCUT2D eigenvalue weighted by atomic mass is 10.2. The minimum atomic E-state index is -0.957. The van der Waals surface area contributed by atoms with Gasteiger partial charge in [0.25, 0.3) is 0 Å². The molecule has 0 aliphatic heterocycles. The van der Waals surface area contributed by atoms with E-state index in [2.05, 4.69) is 0 Å². The number of carboxylic acid groups (broad SMARTS) is 1. The predicted octanol–water partition coefficient (Wildman–Crippen LogP) is 0.282. The van der Waals surface area contributed by atoms with Crippen molar-refractivity contribution >= 4 is 11.9 Å². The fourth-order valence-corrected chi connectivity index (χ4v) is 1.33. The normalized spacial score (nSPS) is 12.1. The molecule has 0 bridgehead atoms. The second-order valence-electron chi connectivity index (χ2n) is 4.01. The van der Waals surface area contributed by atoms with Crippen LogP contribution in [0.1, 0.15) is 38.5 Å². The number of unbranched alkanes of at least 4 members (excludes halogenated alkanes) is 1. The van der Waals surface area contributed by atoms with Gasteiger partial charge in [0.05, 0.1) is 19.8 Å². The molecular formula is C12H22O7. The van der Waals surface area contributed by atoms with Crippen molar-refractivity contribution in [3.8, 4) is 0 Å². The van der Waals surface area contributed by atoms with Crippen molar-refractivity contribution in [2.75, 3.05) is 19.8 Å². The predicted molar refractivity (Wildman–Crippen MR) is 65.3 cm³/mol. The standard InChI is InChI=1S/C12H22O7/c13-7-9-19-12(17)6-3-8-18-11(16)5-2-1-4-10(14)15/h12-13,17H,1-9H2,(H,14,15). The Balaban J connectivity index is 3.35. The number of carboxylic acids is 1. The monoisotopic (exact) mass is 278 g/mol. The number of aliphatic hydroxyl groups is 2. The van der Waals surface area contributed by atoms with Crippen LogP contribution in [0.4, 0.5) is 0 Å². The zero-order valence-corrected chi connectivity index (χ0v) is 10.9. The Morgan fingerprint density at radius 2 is 1.74 bits per heavy atom. The number of esters is 1. The first kappa shape index (κ1) is 17.8. The average molecular weight is 278 g/mol. The van der Waals surface area contributed by atoms with E-state index in [1.807, 2.05) is 0 Å². The molecule has 0 fully saturated rings. The number of aliphatic hydroxyl groups excluding tert-OH is 2. The van der Waals surface area contributed by atoms with E-state index >= 15 is 0 Å². The van der Waals surface area contributed by atoms with Gasteiger partial charge in [-0.15, -0.1) is 0 Å². The molecule has 0 aromatic carbocycles. The fourth-order valence-electron chi connectivity index (χ4n) is 1.33. The average Bonchev–Trinajstić information content (AvgIpc) is 2.37. The number of carbonyl (C=O) groups is 2. The van der Waals surface area contributed by atoms with Gasteiger partial charge in [0.1, 0.15) is 0 Å². The lowest BCUT2D eigenvalue weighted by Crippen LogP contribution is -2.16. The number of hydrogen-bond donors (Lipinski definition) is 3. The topological polar surface area (TPSA) is 113 Å². The third kappa shape index (κ3) is 13.1. The minimum absolute atomic E-state index is 0.0572. The van der Waals surface area contributed by atoms with Crippen LogP contribution in [0.25, 0.3) is 0 Å². The molecule has 7 nitrogen and oxygen atoms in total. The molecule has 1 atom stereocenters. The van der Waals surface area contributed by atoms with Gasteiger partial charge in [-0.1, -0.05) is 0 Å². The van der Waals surface area contributed by atoms with Gasteiger partial charge in [0, 0.05) is 19.3 Å². The minimum Gasteiger partial charge on any atom is -0.481 e. The first-order valence-corrected chi connectivity index (χ1v) is 6.34. The van der Waals surface area contributed by atoms with Crippen molar-refractivity contribution in [2.24, 2.45) is 0 Å². The maximum Gasteiger partial charge on any atom is 0.305 e. The second kappa shape index (κ2) is 11.9. The number of carbonyl (C=O) groups excluding carboxylic acids is 1. The van der Waals surface area contributed by atoms with E-state index < -0.39 is 12.3 Å². The SMILES string of the molecule is O=C(O)CCCCC(=O)OCCCC(O)OCCO. The molecule has 0 saturated carbocycles. The van der Waals surface area contributed by atoms with E-state index in [1.165, 1.54) is 0 Å². The Morgan fingerprint density at radius 1 is 1.05 bits per heavy atom. The molecule has 0 aromatic rings. The summed E-state index contributed by atoms with van der Waals surface area (Å²) in [6.07, 6.45) is 1.05. The summed E-state index contributed by atoms with van der Waals surface area (Å²) in [5, 5.41) is 26.1. The first-order valence-electron chi connectivity index (χ1n) is 6.34. The van der Waals surface area contributed by atoms with Gasteiger partial charge in [-0.3, -0.25) is 9.59 Å². The lowest BCUT2D eigenvalue weighted by Gasteiger charge is -2.10. The van der Waals surface area contributed by atoms with Crippen LogP contribution in [0.3, 0.4) is 0 Å². The first-order chi connectivity index (χ1) is 9.06. The third-order valence-corrected chi connectivity index (χ3v) is 2.28. The fraction of sp³-hybridized carbons (Fsp3) is 0.833. The molecule has 0 radical (unpaired) electrons. The molecule has 3 N–H and O–H groups in total. The Morgan fingerprint density at radius 3 is 2.37 bits per heavy atom. The van der Waals surface area contributed by atoms with Gasteiger partial charge < -0.3 is 24.8 Å². The van der Waals surface area contributed by atoms with Crippen LogP contribution in [0, 0.1) is 0 Å². The van der Waals surface area contributed by atoms with E-state index in [-0.39, 0.29) is 38.6 Å². The Kier molecular flexibility index (Phi) is 11.1. The second-order valence-corrected chi connectivity index (χ2v) is 4.01. The molecule has 0 aliphatic carbocycles. The molecule has 0 aliphatic rings. The largest absolute Gasteiger partial charge is 0.481 e. The summed E-state index contributed by atoms with van der Waals surface area (Å²) >= 11 is 0. The number of hydrogen-bond acceptors (Lipinski definition) is 6. The van der Waals surface area contributed by atoms with E-state index in [4.69, 9.17) is 19.7 Å². The van der Waals surface area contributed by atoms with E-state index in [9.17, 15) is 14.7 Å². The molecule has 0 amide bonds. The molecule has 0 saturated heterocycles. The van der Waals surface area contributed by atoms with Crippen LogP contribution in [-0.2, 0) is 19.1 Å². The summed E-state index contributed by atoms with van der Waals surface area (Å²) in [7, 11) is 0. The highest BCUT2D eigenvalue weighted by atomic mass is 16.6. The molecule has 0 rings (SSSR count). The van der Waals surface area contributed by atoms with Gasteiger partial charge in [0.2, 0.25) is 0 Å². The molecule has 112 valence electrons. The van der Waals surface area contributed by atoms with E-state index in [1.54, 1.807) is 0 Å². The maximum atomic E-state index is 11.2. The van der Waals surface area contributed by atoms with Crippen LogP contribution in [0.15, 0.2) is 0 Å². The number of rotatable bonds is 12. The smallest absolute Gasteiger partial charge is 0.305 e. The number of ether oxygens (including phenoxy) is 2. The molecule has 1 unspecified atom stereocenters. The molecule has 7 heteroatoms. The number of aliphatic carboxylic acids is 1. The van der Waals surface area contributed by atoms with Crippen molar-refractivity contribution in [2.45, 2.75) is 44.8 Å². The van der Waals surface area contributed by atoms with Gasteiger partial charge >= 0.3 is 11.9 Å². The molecular weight excluding hydrogens is 256 g/mol. The Labute approximate surface area is 112 Å². The lowest BCUT2D eigenvalue weighted by molar-refractivity contribution is -0.146. The highest BCUT2D eigenvalue weighted by Crippen LogP contribution is 2.03. The summed E-state index contributed by atoms with van der Waals surface area (Å²) in [5.41, 5.74) is 0. The Hall–Kier alpha value is -1.18. The highest BCUT2D eigenvalue weighted by Gasteiger charge is 2.06. The molecule has 0 heterocycles. The van der Waals surface area contributed by atoms with E-state index in [0.29, 0.717) is 25.7 Å². The highest BCUT2D eigenvalue weighted by molar-refractivity contribution is 5.69. The van der Waals surface area contributed by atoms with Crippen LogP contribution in [0.2, 0.25) is 0 Å². The zero-order valence-electron chi connectivity index (χ0n) is 10.9. The summed E-state index contributed by atoms with van der Waals surface area (Å²) < 4.78 is 9.71. The van der Waals surface area contributed by atoms with Crippen molar-refractivity contribution in [3.63, 3.8) is 0 Å². The van der Waals surface area contributed by atoms with Crippen LogP contribution >= 0.6 is 0 Å². The van der Waals surface area contributed by atoms with Crippen molar-refractivity contribution in [3.05, 3.63) is 0 Å². The molecule has 0 spiro atoms. The quantitative estimate of drug-likeness (QED) is 0.267. The van der Waals surface area contributed by atoms with Crippen molar-refractivity contribution in [1.29, 1.82) is 0 Å². The summed E-state index contributed by atoms with van der Waals surface area (Å²) in [6, 6.07) is 0. The van der Waals surface area contributed by atoms with Gasteiger partial charge in [-0.05, 0) is 19.3 Å². The zero-order chi connectivity index (χ0) is 14.5. The van der Waals surface area contributed by atoms with Crippen molar-refractivity contribution < 1.29 is 34.4 Å². The van der Waals surface area contributed by atoms with Gasteiger partial charge in [-0.25, -0.2) is 0 Å². The summed E-state index contributed by atoms with van der Waals surface area (Å²) in [6.45, 7) is 0.115. The van der Waals surface area contributed by atoms with Crippen LogP contribution < -0.4 is 0 Å². The van der Waals surface area contributed by atoms with E-state index in [0.717, 1.165) is 0 Å². The Bertz CT molecular complexity index is 254.